The van der Waals surface area contributed by atoms with Crippen LogP contribution >= 0.6 is 11.3 Å². The monoisotopic (exact) mass is 357 g/mol. The summed E-state index contributed by atoms with van der Waals surface area (Å²) >= 11 is 1.31. The molecule has 7 heteroatoms. The molecule has 0 aliphatic heterocycles. The normalized spacial score (nSPS) is 10.6. The maximum Gasteiger partial charge on any atom is 0.349 e. The number of hydrogen-bond acceptors (Lipinski definition) is 6. The van der Waals surface area contributed by atoms with Crippen molar-refractivity contribution < 1.29 is 18.7 Å². The summed E-state index contributed by atoms with van der Waals surface area (Å²) in [6, 6.07) is 12.0. The van der Waals surface area contributed by atoms with Crippen LogP contribution in [0.2, 0.25) is 0 Å². The molecular formula is C18H15NO5S. The molecule has 3 aromatic rings. The second kappa shape index (κ2) is 7.76. The second-order valence-corrected chi connectivity index (χ2v) is 6.16. The zero-order chi connectivity index (χ0) is 17.6. The largest absolute Gasteiger partial charge is 0.461 e. The number of benzene rings is 1. The average Bonchev–Trinajstić information content (AvgIpc) is 3.15. The van der Waals surface area contributed by atoms with Gasteiger partial charge in [0.05, 0.1) is 6.61 Å². The Balaban J connectivity index is 1.50. The SMILES string of the molecule is O=C(OCCCNC(=O)c1cc2ccccc2oc1=O)c1cccs1. The smallest absolute Gasteiger partial charge is 0.349 e. The van der Waals surface area contributed by atoms with Crippen molar-refractivity contribution in [1.29, 1.82) is 0 Å². The summed E-state index contributed by atoms with van der Waals surface area (Å²) in [5, 5.41) is 5.10. The van der Waals surface area contributed by atoms with Gasteiger partial charge in [-0.05, 0) is 30.0 Å². The third kappa shape index (κ3) is 4.13. The number of hydrogen-bond donors (Lipinski definition) is 1. The Bertz CT molecular complexity index is 946. The number of rotatable bonds is 6. The van der Waals surface area contributed by atoms with Crippen LogP contribution in [0.15, 0.2) is 57.1 Å². The van der Waals surface area contributed by atoms with Crippen molar-refractivity contribution >= 4 is 34.2 Å². The van der Waals surface area contributed by atoms with E-state index in [1.54, 1.807) is 41.8 Å². The van der Waals surface area contributed by atoms with E-state index in [0.29, 0.717) is 22.3 Å². The summed E-state index contributed by atoms with van der Waals surface area (Å²) in [5.41, 5.74) is -0.292. The number of para-hydroxylation sites is 1. The lowest BCUT2D eigenvalue weighted by molar-refractivity contribution is 0.0506. The minimum Gasteiger partial charge on any atom is -0.461 e. The molecule has 0 atom stereocenters. The first-order valence-electron chi connectivity index (χ1n) is 7.67. The zero-order valence-corrected chi connectivity index (χ0v) is 14.0. The van der Waals surface area contributed by atoms with Crippen LogP contribution in [-0.2, 0) is 4.74 Å². The highest BCUT2D eigenvalue weighted by atomic mass is 32.1. The molecule has 0 unspecified atom stereocenters. The number of esters is 1. The molecule has 0 saturated heterocycles. The third-order valence-corrected chi connectivity index (χ3v) is 4.30. The number of amides is 1. The number of thiophene rings is 1. The van der Waals surface area contributed by atoms with Gasteiger partial charge in [0.25, 0.3) is 5.91 Å². The van der Waals surface area contributed by atoms with E-state index in [0.717, 1.165) is 0 Å². The van der Waals surface area contributed by atoms with Crippen LogP contribution in [-0.4, -0.2) is 25.0 Å². The molecule has 0 aliphatic rings. The predicted molar refractivity (Wildman–Crippen MR) is 94.0 cm³/mol. The van der Waals surface area contributed by atoms with E-state index >= 15 is 0 Å². The van der Waals surface area contributed by atoms with Gasteiger partial charge in [-0.2, -0.15) is 0 Å². The molecule has 128 valence electrons. The fraction of sp³-hybridized carbons (Fsp3) is 0.167. The van der Waals surface area contributed by atoms with Gasteiger partial charge in [0.15, 0.2) is 0 Å². The minimum atomic E-state index is -0.680. The van der Waals surface area contributed by atoms with Crippen molar-refractivity contribution in [2.45, 2.75) is 6.42 Å². The van der Waals surface area contributed by atoms with Gasteiger partial charge in [-0.25, -0.2) is 9.59 Å². The molecule has 0 spiro atoms. The highest BCUT2D eigenvalue weighted by Gasteiger charge is 2.13. The quantitative estimate of drug-likeness (QED) is 0.416. The maximum atomic E-state index is 12.1. The Labute approximate surface area is 147 Å². The third-order valence-electron chi connectivity index (χ3n) is 3.45. The van der Waals surface area contributed by atoms with Crippen LogP contribution < -0.4 is 10.9 Å². The summed E-state index contributed by atoms with van der Waals surface area (Å²) in [6.07, 6.45) is 0.446. The Kier molecular flexibility index (Phi) is 5.25. The Morgan fingerprint density at radius 3 is 2.80 bits per heavy atom. The highest BCUT2D eigenvalue weighted by molar-refractivity contribution is 7.11. The first-order chi connectivity index (χ1) is 12.1. The fourth-order valence-corrected chi connectivity index (χ4v) is 2.84. The standard InChI is InChI=1S/C18H15NO5S/c20-16(13-11-12-5-1-2-6-14(12)24-17(13)21)19-8-4-9-23-18(22)15-7-3-10-25-15/h1-3,5-7,10-11H,4,8-9H2,(H,19,20). The van der Waals surface area contributed by atoms with E-state index in [9.17, 15) is 14.4 Å². The van der Waals surface area contributed by atoms with E-state index < -0.39 is 11.5 Å². The van der Waals surface area contributed by atoms with Crippen LogP contribution in [0, 0.1) is 0 Å². The summed E-state index contributed by atoms with van der Waals surface area (Å²) in [4.78, 5) is 36.2. The lowest BCUT2D eigenvalue weighted by Gasteiger charge is -2.06. The topological polar surface area (TPSA) is 85.6 Å². The zero-order valence-electron chi connectivity index (χ0n) is 13.2. The van der Waals surface area contributed by atoms with Crippen molar-refractivity contribution in [1.82, 2.24) is 5.32 Å². The van der Waals surface area contributed by atoms with Gasteiger partial charge >= 0.3 is 11.6 Å². The fourth-order valence-electron chi connectivity index (χ4n) is 2.22. The first-order valence-corrected chi connectivity index (χ1v) is 8.55. The lowest BCUT2D eigenvalue weighted by atomic mass is 10.2. The van der Waals surface area contributed by atoms with Crippen LogP contribution in [0.1, 0.15) is 26.5 Å². The lowest BCUT2D eigenvalue weighted by Crippen LogP contribution is -2.29. The van der Waals surface area contributed by atoms with Crippen molar-refractivity contribution in [3.63, 3.8) is 0 Å². The molecule has 6 nitrogen and oxygen atoms in total. The molecule has 25 heavy (non-hydrogen) atoms. The number of nitrogens with one attached hydrogen (secondary N) is 1. The van der Waals surface area contributed by atoms with Crippen LogP contribution in [0.3, 0.4) is 0 Å². The molecule has 0 saturated carbocycles. The van der Waals surface area contributed by atoms with E-state index in [1.807, 2.05) is 0 Å². The van der Waals surface area contributed by atoms with Crippen LogP contribution in [0.5, 0.6) is 0 Å². The van der Waals surface area contributed by atoms with Crippen molar-refractivity contribution in [3.8, 4) is 0 Å². The summed E-state index contributed by atoms with van der Waals surface area (Å²) in [5.74, 6) is -0.888. The van der Waals surface area contributed by atoms with Crippen LogP contribution in [0.25, 0.3) is 11.0 Å². The number of carbonyl (C=O) groups is 2. The molecule has 0 radical (unpaired) electrons. The molecule has 3 rings (SSSR count). The van der Waals surface area contributed by atoms with E-state index in [-0.39, 0.29) is 24.7 Å². The molecule has 1 amide bonds. The van der Waals surface area contributed by atoms with Gasteiger partial charge in [0.1, 0.15) is 16.0 Å². The first kappa shape index (κ1) is 16.9. The average molecular weight is 357 g/mol. The Morgan fingerprint density at radius 1 is 1.16 bits per heavy atom. The number of fused-ring (bicyclic) bond motifs is 1. The van der Waals surface area contributed by atoms with Gasteiger partial charge in [0, 0.05) is 11.9 Å². The minimum absolute atomic E-state index is 0.0470. The van der Waals surface area contributed by atoms with Gasteiger partial charge < -0.3 is 14.5 Å². The molecule has 2 heterocycles. The van der Waals surface area contributed by atoms with Gasteiger partial charge in [0.2, 0.25) is 0 Å². The summed E-state index contributed by atoms with van der Waals surface area (Å²) in [6.45, 7) is 0.464. The summed E-state index contributed by atoms with van der Waals surface area (Å²) < 4.78 is 10.2. The second-order valence-electron chi connectivity index (χ2n) is 5.21. The predicted octanol–water partition coefficient (Wildman–Crippen LogP) is 2.83. The van der Waals surface area contributed by atoms with Gasteiger partial charge in [-0.15, -0.1) is 11.3 Å². The van der Waals surface area contributed by atoms with E-state index in [4.69, 9.17) is 9.15 Å². The molecular weight excluding hydrogens is 342 g/mol. The molecule has 1 aromatic carbocycles. The van der Waals surface area contributed by atoms with Crippen molar-refractivity contribution in [3.05, 3.63) is 68.7 Å². The summed E-state index contributed by atoms with van der Waals surface area (Å²) in [7, 11) is 0. The molecule has 0 fully saturated rings. The number of carbonyl (C=O) groups excluding carboxylic acids is 2. The van der Waals surface area contributed by atoms with E-state index in [1.165, 1.54) is 17.4 Å². The van der Waals surface area contributed by atoms with E-state index in [2.05, 4.69) is 5.32 Å². The molecule has 0 bridgehead atoms. The maximum absolute atomic E-state index is 12.1. The van der Waals surface area contributed by atoms with Crippen molar-refractivity contribution in [2.24, 2.45) is 0 Å². The molecule has 0 aliphatic carbocycles. The van der Waals surface area contributed by atoms with Gasteiger partial charge in [-0.3, -0.25) is 4.79 Å². The molecule has 2 aromatic heterocycles. The Hall–Kier alpha value is -2.93. The van der Waals surface area contributed by atoms with Crippen molar-refractivity contribution in [2.75, 3.05) is 13.2 Å². The van der Waals surface area contributed by atoms with Gasteiger partial charge in [-0.1, -0.05) is 24.3 Å². The Morgan fingerprint density at radius 2 is 2.00 bits per heavy atom. The highest BCUT2D eigenvalue weighted by Crippen LogP contribution is 2.12. The molecule has 1 N–H and O–H groups in total. The number of ether oxygens (including phenoxy) is 1. The van der Waals surface area contributed by atoms with Crippen LogP contribution in [0.4, 0.5) is 0 Å².